The number of nitrogens with two attached hydrogens (primary N) is 1. The molecule has 0 unspecified atom stereocenters. The van der Waals surface area contributed by atoms with Gasteiger partial charge in [0.05, 0.1) is 6.61 Å². The molecule has 0 fully saturated rings. The van der Waals surface area contributed by atoms with E-state index in [0.29, 0.717) is 29.5 Å². The van der Waals surface area contributed by atoms with E-state index in [2.05, 4.69) is 10.6 Å². The fourth-order valence-electron chi connectivity index (χ4n) is 3.11. The van der Waals surface area contributed by atoms with Gasteiger partial charge in [0.25, 0.3) is 5.91 Å². The smallest absolute Gasteiger partial charge is 0.293 e. The van der Waals surface area contributed by atoms with Gasteiger partial charge in [-0.25, -0.2) is 0 Å². The van der Waals surface area contributed by atoms with Crippen LogP contribution in [-0.2, 0) is 11.4 Å². The van der Waals surface area contributed by atoms with Crippen molar-refractivity contribution in [2.24, 2.45) is 5.73 Å². The Morgan fingerprint density at radius 3 is 2.39 bits per heavy atom. The van der Waals surface area contributed by atoms with E-state index < -0.39 is 5.91 Å². The summed E-state index contributed by atoms with van der Waals surface area (Å²) in [5, 5.41) is 23.6. The van der Waals surface area contributed by atoms with Crippen LogP contribution in [-0.4, -0.2) is 30.3 Å². The molecule has 3 aromatic rings. The first-order chi connectivity index (χ1) is 16.0. The van der Waals surface area contributed by atoms with Crippen LogP contribution in [0, 0.1) is 5.41 Å². The number of benzene rings is 3. The summed E-state index contributed by atoms with van der Waals surface area (Å²) in [7, 11) is 0. The number of hydrogen-bond donors (Lipinski definition) is 5. The highest BCUT2D eigenvalue weighted by molar-refractivity contribution is 6.30. The molecule has 0 aliphatic carbocycles. The van der Waals surface area contributed by atoms with Gasteiger partial charge < -0.3 is 31.6 Å². The third-order valence-electron chi connectivity index (χ3n) is 4.73. The normalized spacial score (nSPS) is 11.4. The van der Waals surface area contributed by atoms with Crippen LogP contribution in [0.25, 0.3) is 11.1 Å². The first-order valence-corrected chi connectivity index (χ1v) is 10.7. The van der Waals surface area contributed by atoms with Crippen molar-refractivity contribution in [3.05, 3.63) is 94.8 Å². The molecule has 7 nitrogen and oxygen atoms in total. The average molecular weight is 465 g/mol. The second-order valence-corrected chi connectivity index (χ2v) is 7.44. The minimum Gasteiger partial charge on any atom is -0.449 e. The first kappa shape index (κ1) is 24.0. The number of aliphatic hydroxyl groups excluding tert-OH is 1. The van der Waals surface area contributed by atoms with Gasteiger partial charge in [-0.15, -0.1) is 0 Å². The molecule has 6 N–H and O–H groups in total. The molecule has 33 heavy (non-hydrogen) atoms. The predicted octanol–water partition coefficient (Wildman–Crippen LogP) is 3.93. The van der Waals surface area contributed by atoms with Gasteiger partial charge >= 0.3 is 0 Å². The SMILES string of the molecule is N=C/C(NCCN)=C(/Oc1ccc(-c2ccccc2CO)cc1)C(=O)Nc1ccc(Cl)cc1. The molecule has 0 bridgehead atoms. The summed E-state index contributed by atoms with van der Waals surface area (Å²) in [6, 6.07) is 21.4. The number of ether oxygens (including phenoxy) is 1. The topological polar surface area (TPSA) is 120 Å². The number of amides is 1. The molecule has 0 aliphatic heterocycles. The lowest BCUT2D eigenvalue weighted by Gasteiger charge is -2.15. The summed E-state index contributed by atoms with van der Waals surface area (Å²) in [6.45, 7) is 0.618. The molecule has 0 spiro atoms. The van der Waals surface area contributed by atoms with Crippen molar-refractivity contribution < 1.29 is 14.6 Å². The van der Waals surface area contributed by atoms with Crippen molar-refractivity contribution in [1.29, 1.82) is 5.41 Å². The monoisotopic (exact) mass is 464 g/mol. The van der Waals surface area contributed by atoms with Gasteiger partial charge in [-0.2, -0.15) is 0 Å². The van der Waals surface area contributed by atoms with Crippen LogP contribution in [0.4, 0.5) is 5.69 Å². The standard InChI is InChI=1S/C25H25ClN4O3/c26-19-7-9-20(10-8-19)30-25(32)24(23(15-28)29-14-13-27)33-21-11-5-17(6-12-21)22-4-2-1-3-18(22)16-31/h1-12,15,28-29,31H,13-14,16,27H2,(H,30,32)/b24-23-,28-15?. The Kier molecular flexibility index (Phi) is 8.60. The molecule has 8 heteroatoms. The lowest BCUT2D eigenvalue weighted by atomic mass is 10.0. The first-order valence-electron chi connectivity index (χ1n) is 10.3. The van der Waals surface area contributed by atoms with Crippen LogP contribution in [0.5, 0.6) is 5.75 Å². The Morgan fingerprint density at radius 2 is 1.76 bits per heavy atom. The quantitative estimate of drug-likeness (QED) is 0.177. The molecular formula is C25H25ClN4O3. The third-order valence-corrected chi connectivity index (χ3v) is 4.98. The molecule has 3 rings (SSSR count). The Morgan fingerprint density at radius 1 is 1.06 bits per heavy atom. The largest absolute Gasteiger partial charge is 0.449 e. The fourth-order valence-corrected chi connectivity index (χ4v) is 3.23. The lowest BCUT2D eigenvalue weighted by Crippen LogP contribution is -2.29. The van der Waals surface area contributed by atoms with Crippen LogP contribution in [0.1, 0.15) is 5.56 Å². The molecule has 0 aromatic heterocycles. The second-order valence-electron chi connectivity index (χ2n) is 7.01. The number of carbonyl (C=O) groups excluding carboxylic acids is 1. The number of halogens is 1. The van der Waals surface area contributed by atoms with E-state index in [4.69, 9.17) is 27.5 Å². The van der Waals surface area contributed by atoms with Gasteiger partial charge in [0.2, 0.25) is 5.76 Å². The zero-order valence-corrected chi connectivity index (χ0v) is 18.6. The molecule has 0 heterocycles. The summed E-state index contributed by atoms with van der Waals surface area (Å²) in [5.41, 5.74) is 8.91. The highest BCUT2D eigenvalue weighted by atomic mass is 35.5. The van der Waals surface area contributed by atoms with Crippen molar-refractivity contribution in [3.63, 3.8) is 0 Å². The maximum atomic E-state index is 13.0. The van der Waals surface area contributed by atoms with E-state index in [1.165, 1.54) is 0 Å². The number of carbonyl (C=O) groups is 1. The van der Waals surface area contributed by atoms with Gasteiger partial charge in [-0.3, -0.25) is 4.79 Å². The molecule has 0 radical (unpaired) electrons. The van der Waals surface area contributed by atoms with Crippen LogP contribution in [0.15, 0.2) is 84.3 Å². The Balaban J connectivity index is 1.87. The van der Waals surface area contributed by atoms with Crippen molar-refractivity contribution in [3.8, 4) is 16.9 Å². The summed E-state index contributed by atoms with van der Waals surface area (Å²) < 4.78 is 5.91. The summed E-state index contributed by atoms with van der Waals surface area (Å²) >= 11 is 5.91. The van der Waals surface area contributed by atoms with Gasteiger partial charge in [-0.1, -0.05) is 48.0 Å². The molecule has 0 aliphatic rings. The summed E-state index contributed by atoms with van der Waals surface area (Å²) in [5.74, 6) is -0.192. The molecule has 1 amide bonds. The van der Waals surface area contributed by atoms with Gasteiger partial charge in [0, 0.05) is 30.0 Å². The summed E-state index contributed by atoms with van der Waals surface area (Å²) in [6.07, 6.45) is 1.01. The highest BCUT2D eigenvalue weighted by Gasteiger charge is 2.18. The molecule has 0 atom stereocenters. The van der Waals surface area contributed by atoms with Crippen LogP contribution < -0.4 is 21.1 Å². The number of anilines is 1. The van der Waals surface area contributed by atoms with E-state index in [1.807, 2.05) is 36.4 Å². The van der Waals surface area contributed by atoms with Gasteiger partial charge in [0.1, 0.15) is 11.4 Å². The average Bonchev–Trinajstić information content (AvgIpc) is 2.85. The molecular weight excluding hydrogens is 440 g/mol. The van der Waals surface area contributed by atoms with E-state index in [-0.39, 0.29) is 18.1 Å². The van der Waals surface area contributed by atoms with Crippen molar-refractivity contribution in [2.45, 2.75) is 6.61 Å². The summed E-state index contributed by atoms with van der Waals surface area (Å²) in [4.78, 5) is 13.0. The van der Waals surface area contributed by atoms with Gasteiger partial charge in [0.15, 0.2) is 0 Å². The van der Waals surface area contributed by atoms with Crippen molar-refractivity contribution in [1.82, 2.24) is 5.32 Å². The Labute approximate surface area is 197 Å². The molecule has 0 saturated heterocycles. The molecule has 3 aromatic carbocycles. The van der Waals surface area contributed by atoms with Crippen LogP contribution >= 0.6 is 11.6 Å². The van der Waals surface area contributed by atoms with Crippen LogP contribution in [0.2, 0.25) is 5.02 Å². The van der Waals surface area contributed by atoms with Crippen LogP contribution in [0.3, 0.4) is 0 Å². The highest BCUT2D eigenvalue weighted by Crippen LogP contribution is 2.27. The Hall–Kier alpha value is -3.65. The van der Waals surface area contributed by atoms with E-state index >= 15 is 0 Å². The maximum Gasteiger partial charge on any atom is 0.293 e. The van der Waals surface area contributed by atoms with E-state index in [1.54, 1.807) is 36.4 Å². The second kappa shape index (κ2) is 11.8. The number of rotatable bonds is 10. The fraction of sp³-hybridized carbons (Fsp3) is 0.120. The minimum atomic E-state index is -0.532. The number of aliphatic hydroxyl groups is 1. The third kappa shape index (κ3) is 6.43. The number of allylic oxidation sites excluding steroid dienone is 1. The minimum absolute atomic E-state index is 0.0678. The molecule has 0 saturated carbocycles. The Bertz CT molecular complexity index is 1130. The van der Waals surface area contributed by atoms with E-state index in [9.17, 15) is 9.90 Å². The zero-order valence-electron chi connectivity index (χ0n) is 17.8. The zero-order chi connectivity index (χ0) is 23.6. The molecule has 170 valence electrons. The van der Waals surface area contributed by atoms with E-state index in [0.717, 1.165) is 22.9 Å². The maximum absolute atomic E-state index is 13.0. The van der Waals surface area contributed by atoms with Crippen molar-refractivity contribution >= 4 is 29.4 Å². The number of hydrogen-bond acceptors (Lipinski definition) is 6. The number of nitrogens with one attached hydrogen (secondary N) is 3. The van der Waals surface area contributed by atoms with Gasteiger partial charge in [-0.05, 0) is 53.1 Å². The van der Waals surface area contributed by atoms with Crippen molar-refractivity contribution in [2.75, 3.05) is 18.4 Å². The lowest BCUT2D eigenvalue weighted by molar-refractivity contribution is -0.114. The predicted molar refractivity (Wildman–Crippen MR) is 131 cm³/mol.